The molecule has 0 bridgehead atoms. The first-order chi connectivity index (χ1) is 8.82. The van der Waals surface area contributed by atoms with Gasteiger partial charge in [-0.3, -0.25) is 9.59 Å². The van der Waals surface area contributed by atoms with Gasteiger partial charge in [0.05, 0.1) is 11.4 Å². The number of halogens is 3. The number of rotatable bonds is 2. The molecule has 19 heavy (non-hydrogen) atoms. The van der Waals surface area contributed by atoms with E-state index in [1.54, 1.807) is 31.2 Å². The van der Waals surface area contributed by atoms with E-state index < -0.39 is 21.4 Å². The molecule has 7 heteroatoms. The fourth-order valence-corrected chi connectivity index (χ4v) is 2.11. The van der Waals surface area contributed by atoms with Crippen LogP contribution in [-0.2, 0) is 9.59 Å². The summed E-state index contributed by atoms with van der Waals surface area (Å²) < 4.78 is -2.14. The molecule has 1 amide bonds. The third kappa shape index (κ3) is 2.76. The summed E-state index contributed by atoms with van der Waals surface area (Å²) in [4.78, 5) is 24.2. The minimum atomic E-state index is -2.14. The molecule has 1 aliphatic heterocycles. The van der Waals surface area contributed by atoms with Crippen molar-refractivity contribution in [2.75, 3.05) is 5.01 Å². The predicted octanol–water partition coefficient (Wildman–Crippen LogP) is 2.96. The van der Waals surface area contributed by atoms with Gasteiger partial charge in [-0.05, 0) is 19.1 Å². The van der Waals surface area contributed by atoms with Gasteiger partial charge in [0.15, 0.2) is 0 Å². The van der Waals surface area contributed by atoms with Crippen molar-refractivity contribution in [3.05, 3.63) is 30.3 Å². The van der Waals surface area contributed by atoms with E-state index in [1.807, 2.05) is 6.07 Å². The van der Waals surface area contributed by atoms with Crippen molar-refractivity contribution in [1.29, 1.82) is 0 Å². The molecule has 1 aromatic rings. The molecule has 0 aromatic heterocycles. The van der Waals surface area contributed by atoms with Gasteiger partial charge in [-0.15, -0.1) is 0 Å². The largest absolute Gasteiger partial charge is 0.294 e. The number of alkyl halides is 3. The van der Waals surface area contributed by atoms with E-state index in [4.69, 9.17) is 34.8 Å². The Morgan fingerprint density at radius 2 is 1.84 bits per heavy atom. The molecule has 1 atom stereocenters. The number of Topliss-reactive ketones (excluding diaryl/α,β-unsaturated/α-hetero) is 1. The van der Waals surface area contributed by atoms with Crippen molar-refractivity contribution in [3.8, 4) is 0 Å². The third-order valence-corrected chi connectivity index (χ3v) is 3.23. The fourth-order valence-electron chi connectivity index (χ4n) is 1.79. The highest BCUT2D eigenvalue weighted by molar-refractivity contribution is 6.77. The molecule has 1 aromatic carbocycles. The summed E-state index contributed by atoms with van der Waals surface area (Å²) in [5.74, 6) is -2.45. The molecule has 0 radical (unpaired) electrons. The monoisotopic (exact) mass is 318 g/mol. The number of nitrogens with zero attached hydrogens (tertiary/aromatic N) is 2. The van der Waals surface area contributed by atoms with Crippen LogP contribution in [0.1, 0.15) is 6.92 Å². The van der Waals surface area contributed by atoms with Crippen LogP contribution >= 0.6 is 34.8 Å². The Balaban J connectivity index is 2.32. The first-order valence-corrected chi connectivity index (χ1v) is 6.51. The zero-order valence-electron chi connectivity index (χ0n) is 9.81. The van der Waals surface area contributed by atoms with Gasteiger partial charge in [-0.2, -0.15) is 10.1 Å². The van der Waals surface area contributed by atoms with Gasteiger partial charge in [0.25, 0.3) is 5.91 Å². The van der Waals surface area contributed by atoms with E-state index in [2.05, 4.69) is 5.10 Å². The smallest absolute Gasteiger partial charge is 0.263 e. The van der Waals surface area contributed by atoms with E-state index in [0.29, 0.717) is 11.4 Å². The fraction of sp³-hybridized carbons (Fsp3) is 0.250. The number of anilines is 1. The maximum atomic E-state index is 12.2. The van der Waals surface area contributed by atoms with Crippen LogP contribution < -0.4 is 5.01 Å². The van der Waals surface area contributed by atoms with Crippen LogP contribution in [0, 0.1) is 5.92 Å². The molecule has 0 fully saturated rings. The van der Waals surface area contributed by atoms with Crippen molar-refractivity contribution in [2.45, 2.75) is 10.7 Å². The van der Waals surface area contributed by atoms with Crippen LogP contribution in [0.15, 0.2) is 35.4 Å². The normalized spacial score (nSPS) is 19.6. The Morgan fingerprint density at radius 1 is 1.26 bits per heavy atom. The zero-order valence-corrected chi connectivity index (χ0v) is 12.1. The molecule has 1 aliphatic rings. The van der Waals surface area contributed by atoms with Gasteiger partial charge in [0.1, 0.15) is 5.92 Å². The van der Waals surface area contributed by atoms with Gasteiger partial charge < -0.3 is 0 Å². The maximum absolute atomic E-state index is 12.2. The van der Waals surface area contributed by atoms with Crippen molar-refractivity contribution in [2.24, 2.45) is 11.0 Å². The van der Waals surface area contributed by atoms with Crippen molar-refractivity contribution in [3.63, 3.8) is 0 Å². The first-order valence-electron chi connectivity index (χ1n) is 5.37. The second kappa shape index (κ2) is 5.12. The third-order valence-electron chi connectivity index (χ3n) is 2.67. The highest BCUT2D eigenvalue weighted by Crippen LogP contribution is 2.34. The van der Waals surface area contributed by atoms with Crippen LogP contribution in [0.25, 0.3) is 0 Å². The minimum Gasteiger partial charge on any atom is -0.294 e. The SMILES string of the molecule is CC1=NN(c2ccccc2)C(=O)C1C(=O)C(Cl)(Cl)Cl. The number of amides is 1. The molecule has 1 unspecified atom stereocenters. The highest BCUT2D eigenvalue weighted by atomic mass is 35.6. The summed E-state index contributed by atoms with van der Waals surface area (Å²) >= 11 is 16.6. The van der Waals surface area contributed by atoms with Crippen LogP contribution in [0.4, 0.5) is 5.69 Å². The molecule has 0 saturated carbocycles. The number of carbonyl (C=O) groups is 2. The molecule has 0 spiro atoms. The topological polar surface area (TPSA) is 49.7 Å². The van der Waals surface area contributed by atoms with Gasteiger partial charge >= 0.3 is 0 Å². The van der Waals surface area contributed by atoms with E-state index >= 15 is 0 Å². The van der Waals surface area contributed by atoms with Crippen molar-refractivity contribution < 1.29 is 9.59 Å². The van der Waals surface area contributed by atoms with Crippen molar-refractivity contribution in [1.82, 2.24) is 0 Å². The van der Waals surface area contributed by atoms with E-state index in [9.17, 15) is 9.59 Å². The summed E-state index contributed by atoms with van der Waals surface area (Å²) in [7, 11) is 0. The van der Waals surface area contributed by atoms with Crippen LogP contribution in [-0.4, -0.2) is 21.2 Å². The van der Waals surface area contributed by atoms with Crippen LogP contribution in [0.2, 0.25) is 0 Å². The van der Waals surface area contributed by atoms with E-state index in [0.717, 1.165) is 5.01 Å². The predicted molar refractivity (Wildman–Crippen MR) is 75.8 cm³/mol. The number of hydrogen-bond donors (Lipinski definition) is 0. The lowest BCUT2D eigenvalue weighted by Gasteiger charge is -2.16. The Kier molecular flexibility index (Phi) is 3.85. The molecule has 100 valence electrons. The molecular weight excluding hydrogens is 311 g/mol. The number of hydrazone groups is 1. The van der Waals surface area contributed by atoms with Crippen LogP contribution in [0.3, 0.4) is 0 Å². The number of para-hydroxylation sites is 1. The summed E-state index contributed by atoms with van der Waals surface area (Å²) in [5.41, 5.74) is 0.872. The molecule has 0 aliphatic carbocycles. The van der Waals surface area contributed by atoms with E-state index in [1.165, 1.54) is 0 Å². The molecular formula is C12H9Cl3N2O2. The summed E-state index contributed by atoms with van der Waals surface area (Å²) in [6.07, 6.45) is 0. The summed E-state index contributed by atoms with van der Waals surface area (Å²) in [5, 5.41) is 5.21. The second-order valence-electron chi connectivity index (χ2n) is 4.02. The lowest BCUT2D eigenvalue weighted by molar-refractivity contribution is -0.128. The van der Waals surface area contributed by atoms with Crippen molar-refractivity contribution >= 4 is 57.9 Å². The average molecular weight is 320 g/mol. The van der Waals surface area contributed by atoms with Gasteiger partial charge in [-0.1, -0.05) is 53.0 Å². The van der Waals surface area contributed by atoms with Crippen LogP contribution in [0.5, 0.6) is 0 Å². The molecule has 1 heterocycles. The van der Waals surface area contributed by atoms with E-state index in [-0.39, 0.29) is 0 Å². The number of benzene rings is 1. The molecule has 0 saturated heterocycles. The Morgan fingerprint density at radius 3 is 2.37 bits per heavy atom. The lowest BCUT2D eigenvalue weighted by atomic mass is 10.00. The lowest BCUT2D eigenvalue weighted by Crippen LogP contribution is -2.38. The standard InChI is InChI=1S/C12H9Cl3N2O2/c1-7-9(10(18)12(13,14)15)11(19)17(16-7)8-5-3-2-4-6-8/h2-6,9H,1H3. The van der Waals surface area contributed by atoms with Gasteiger partial charge in [0.2, 0.25) is 9.58 Å². The Labute approximate surface area is 124 Å². The zero-order chi connectivity index (χ0) is 14.2. The Hall–Kier alpha value is -1.10. The first kappa shape index (κ1) is 14.3. The average Bonchev–Trinajstić information content (AvgIpc) is 2.64. The maximum Gasteiger partial charge on any atom is 0.263 e. The second-order valence-corrected chi connectivity index (χ2v) is 6.30. The number of hydrogen-bond acceptors (Lipinski definition) is 3. The quantitative estimate of drug-likeness (QED) is 0.621. The molecule has 0 N–H and O–H groups in total. The highest BCUT2D eigenvalue weighted by Gasteiger charge is 2.47. The van der Waals surface area contributed by atoms with Gasteiger partial charge in [0, 0.05) is 0 Å². The summed E-state index contributed by atoms with van der Waals surface area (Å²) in [6, 6.07) is 8.74. The minimum absolute atomic E-state index is 0.310. The summed E-state index contributed by atoms with van der Waals surface area (Å²) in [6.45, 7) is 1.56. The molecule has 4 nitrogen and oxygen atoms in total. The van der Waals surface area contributed by atoms with Gasteiger partial charge in [-0.25, -0.2) is 0 Å². The molecule has 2 rings (SSSR count). The Bertz CT molecular complexity index is 552. The number of ketones is 1. The number of carbonyl (C=O) groups excluding carboxylic acids is 2.